The number of aryl methyl sites for hydroxylation is 1. The molecule has 0 bridgehead atoms. The molecule has 29 heavy (non-hydrogen) atoms. The van der Waals surface area contributed by atoms with E-state index in [4.69, 9.17) is 16.9 Å². The molecule has 8 heteroatoms. The molecular formula is C21H24ClF3N2O2. The van der Waals surface area contributed by atoms with Crippen molar-refractivity contribution >= 4 is 23.2 Å². The number of halogens is 4. The number of aliphatic hydroxyl groups excluding tert-OH is 1. The maximum atomic E-state index is 12.7. The summed E-state index contributed by atoms with van der Waals surface area (Å²) in [6.45, 7) is 7.60. The Morgan fingerprint density at radius 1 is 1.21 bits per heavy atom. The zero-order valence-corrected chi connectivity index (χ0v) is 17.4. The molecule has 1 amide bonds. The number of hydrogen-bond acceptors (Lipinski definition) is 3. The van der Waals surface area contributed by atoms with E-state index in [-0.39, 0.29) is 12.1 Å². The third-order valence-corrected chi connectivity index (χ3v) is 3.67. The molecule has 0 aromatic heterocycles. The molecule has 0 spiro atoms. The Kier molecular flexibility index (Phi) is 11.7. The number of carbonyl (C=O) groups is 1. The number of alkyl halides is 3. The van der Waals surface area contributed by atoms with Crippen LogP contribution in [0.5, 0.6) is 0 Å². The molecule has 0 saturated heterocycles. The molecule has 0 saturated carbocycles. The third-order valence-electron chi connectivity index (χ3n) is 3.41. The zero-order chi connectivity index (χ0) is 22.6. The molecule has 0 heterocycles. The first-order valence-electron chi connectivity index (χ1n) is 8.91. The SMILES string of the molecule is CC.CC[C@H](O)C(=O)Nc1ccc(C#N)c(C(F)(F)F)c1.Cc1ccc(Cl)cc1. The molecule has 0 aliphatic rings. The lowest BCUT2D eigenvalue weighted by Gasteiger charge is -2.13. The van der Waals surface area contributed by atoms with E-state index in [0.717, 1.165) is 11.1 Å². The molecule has 2 aromatic carbocycles. The monoisotopic (exact) mass is 428 g/mol. The number of hydrogen-bond donors (Lipinski definition) is 2. The summed E-state index contributed by atoms with van der Waals surface area (Å²) in [5.41, 5.74) is -0.529. The Morgan fingerprint density at radius 3 is 2.17 bits per heavy atom. The molecule has 0 unspecified atom stereocenters. The fraction of sp³-hybridized carbons (Fsp3) is 0.333. The number of aliphatic hydroxyl groups is 1. The number of carbonyl (C=O) groups excluding carboxylic acids is 1. The van der Waals surface area contributed by atoms with E-state index in [1.54, 1.807) is 6.92 Å². The van der Waals surface area contributed by atoms with Crippen molar-refractivity contribution in [2.45, 2.75) is 46.4 Å². The second-order valence-electron chi connectivity index (χ2n) is 5.58. The molecule has 158 valence electrons. The highest BCUT2D eigenvalue weighted by Crippen LogP contribution is 2.33. The Balaban J connectivity index is 0.000000649. The molecule has 0 fully saturated rings. The number of rotatable bonds is 3. The molecule has 2 rings (SSSR count). The Hall–Kier alpha value is -2.56. The van der Waals surface area contributed by atoms with E-state index in [1.165, 1.54) is 17.7 Å². The van der Waals surface area contributed by atoms with Crippen LogP contribution in [0.15, 0.2) is 42.5 Å². The van der Waals surface area contributed by atoms with Crippen LogP contribution in [-0.2, 0) is 11.0 Å². The quantitative estimate of drug-likeness (QED) is 0.633. The summed E-state index contributed by atoms with van der Waals surface area (Å²) >= 11 is 5.61. The van der Waals surface area contributed by atoms with Crippen molar-refractivity contribution in [3.63, 3.8) is 0 Å². The van der Waals surface area contributed by atoms with Crippen molar-refractivity contribution in [2.75, 3.05) is 5.32 Å². The van der Waals surface area contributed by atoms with Gasteiger partial charge >= 0.3 is 6.18 Å². The van der Waals surface area contributed by atoms with Gasteiger partial charge in [0.15, 0.2) is 0 Å². The summed E-state index contributed by atoms with van der Waals surface area (Å²) in [6.07, 6.45) is -5.83. The van der Waals surface area contributed by atoms with Crippen LogP contribution in [0.25, 0.3) is 0 Å². The normalized spacial score (nSPS) is 11.0. The van der Waals surface area contributed by atoms with E-state index >= 15 is 0 Å². The van der Waals surface area contributed by atoms with Gasteiger partial charge in [-0.25, -0.2) is 0 Å². The lowest BCUT2D eigenvalue weighted by Crippen LogP contribution is -2.26. The smallest absolute Gasteiger partial charge is 0.383 e. The topological polar surface area (TPSA) is 73.1 Å². The molecule has 2 aromatic rings. The van der Waals surface area contributed by atoms with E-state index < -0.39 is 29.3 Å². The van der Waals surface area contributed by atoms with Crippen LogP contribution in [0.1, 0.15) is 43.9 Å². The fourth-order valence-corrected chi connectivity index (χ4v) is 2.02. The number of nitriles is 1. The summed E-state index contributed by atoms with van der Waals surface area (Å²) in [7, 11) is 0. The van der Waals surface area contributed by atoms with Crippen LogP contribution in [0, 0.1) is 18.3 Å². The van der Waals surface area contributed by atoms with Gasteiger partial charge in [-0.1, -0.05) is 50.1 Å². The first-order valence-corrected chi connectivity index (χ1v) is 9.28. The van der Waals surface area contributed by atoms with Crippen molar-refractivity contribution in [1.29, 1.82) is 5.26 Å². The summed E-state index contributed by atoms with van der Waals surface area (Å²) < 4.78 is 38.0. The van der Waals surface area contributed by atoms with Crippen LogP contribution in [0.4, 0.5) is 18.9 Å². The van der Waals surface area contributed by atoms with Crippen LogP contribution in [0.2, 0.25) is 5.02 Å². The second kappa shape index (κ2) is 12.8. The van der Waals surface area contributed by atoms with E-state index in [0.29, 0.717) is 6.07 Å². The zero-order valence-electron chi connectivity index (χ0n) is 16.6. The molecule has 2 N–H and O–H groups in total. The van der Waals surface area contributed by atoms with Crippen LogP contribution in [-0.4, -0.2) is 17.1 Å². The lowest BCUT2D eigenvalue weighted by molar-refractivity contribution is -0.137. The number of anilines is 1. The summed E-state index contributed by atoms with van der Waals surface area (Å²) in [4.78, 5) is 11.4. The highest BCUT2D eigenvalue weighted by molar-refractivity contribution is 6.30. The van der Waals surface area contributed by atoms with E-state index in [1.807, 2.05) is 45.0 Å². The van der Waals surface area contributed by atoms with Gasteiger partial charge in [0.25, 0.3) is 5.91 Å². The molecule has 0 radical (unpaired) electrons. The summed E-state index contributed by atoms with van der Waals surface area (Å²) in [5, 5.41) is 20.8. The molecule has 4 nitrogen and oxygen atoms in total. The predicted molar refractivity (Wildman–Crippen MR) is 109 cm³/mol. The molecule has 0 aliphatic carbocycles. The van der Waals surface area contributed by atoms with E-state index in [9.17, 15) is 23.1 Å². The largest absolute Gasteiger partial charge is 0.417 e. The van der Waals surface area contributed by atoms with Gasteiger partial charge in [0.2, 0.25) is 0 Å². The third kappa shape index (κ3) is 9.46. The standard InChI is InChI=1S/C12H11F3N2O2.C7H7Cl.C2H6/c1-2-10(18)11(19)17-8-4-3-7(6-16)9(5-8)12(13,14)15;1-6-2-4-7(8)5-3-6;1-2/h3-5,10,18H,2H2,1H3,(H,17,19);2-5H,1H3;1-2H3/t10-;;/m0../s1. The van der Waals surface area contributed by atoms with Crippen molar-refractivity contribution in [3.05, 3.63) is 64.2 Å². The maximum absolute atomic E-state index is 12.7. The average Bonchev–Trinajstić information content (AvgIpc) is 2.70. The predicted octanol–water partition coefficient (Wildman–Crippen LogP) is 5.96. The van der Waals surface area contributed by atoms with Gasteiger partial charge in [-0.15, -0.1) is 0 Å². The Labute approximate surface area is 173 Å². The van der Waals surface area contributed by atoms with Gasteiger partial charge in [-0.3, -0.25) is 4.79 Å². The van der Waals surface area contributed by atoms with Gasteiger partial charge in [0, 0.05) is 10.7 Å². The van der Waals surface area contributed by atoms with Gasteiger partial charge < -0.3 is 10.4 Å². The fourth-order valence-electron chi connectivity index (χ4n) is 1.90. The number of benzene rings is 2. The average molecular weight is 429 g/mol. The van der Waals surface area contributed by atoms with Crippen molar-refractivity contribution in [3.8, 4) is 6.07 Å². The summed E-state index contributed by atoms with van der Waals surface area (Å²) in [5.74, 6) is -0.791. The van der Waals surface area contributed by atoms with Crippen molar-refractivity contribution in [2.24, 2.45) is 0 Å². The number of amides is 1. The second-order valence-corrected chi connectivity index (χ2v) is 6.02. The molecule has 1 atom stereocenters. The first-order chi connectivity index (χ1) is 13.6. The first kappa shape index (κ1) is 26.4. The highest BCUT2D eigenvalue weighted by Gasteiger charge is 2.34. The van der Waals surface area contributed by atoms with Gasteiger partial charge in [0.1, 0.15) is 6.10 Å². The Morgan fingerprint density at radius 2 is 1.76 bits per heavy atom. The van der Waals surface area contributed by atoms with Gasteiger partial charge in [-0.05, 0) is 43.7 Å². The van der Waals surface area contributed by atoms with Crippen molar-refractivity contribution < 1.29 is 23.1 Å². The van der Waals surface area contributed by atoms with Crippen LogP contribution < -0.4 is 5.32 Å². The molecular weight excluding hydrogens is 405 g/mol. The highest BCUT2D eigenvalue weighted by atomic mass is 35.5. The van der Waals surface area contributed by atoms with Crippen LogP contribution >= 0.6 is 11.6 Å². The minimum Gasteiger partial charge on any atom is -0.383 e. The Bertz CT molecular complexity index is 795. The van der Waals surface area contributed by atoms with Crippen molar-refractivity contribution in [1.82, 2.24) is 0 Å². The minimum atomic E-state index is -4.69. The van der Waals surface area contributed by atoms with E-state index in [2.05, 4.69) is 5.32 Å². The number of nitrogens with one attached hydrogen (secondary N) is 1. The van der Waals surface area contributed by atoms with Gasteiger partial charge in [-0.2, -0.15) is 18.4 Å². The number of nitrogens with zero attached hydrogens (tertiary/aromatic N) is 1. The van der Waals surface area contributed by atoms with Gasteiger partial charge in [0.05, 0.1) is 17.2 Å². The molecule has 0 aliphatic heterocycles. The summed E-state index contributed by atoms with van der Waals surface area (Å²) in [6, 6.07) is 12.0. The lowest BCUT2D eigenvalue weighted by atomic mass is 10.1. The maximum Gasteiger partial charge on any atom is 0.417 e. The minimum absolute atomic E-state index is 0.121. The van der Waals surface area contributed by atoms with Crippen LogP contribution in [0.3, 0.4) is 0 Å².